The summed E-state index contributed by atoms with van der Waals surface area (Å²) in [6, 6.07) is 5.18. The standard InChI is InChI=1S/C13H15N3O2/c1-13(2)9-18-6-5-16(13)12(17)11-4-3-10(7-14)8-15-11/h3-4,8H,5-6,9H2,1-2H3. The molecule has 0 radical (unpaired) electrons. The maximum absolute atomic E-state index is 12.3. The average molecular weight is 245 g/mol. The van der Waals surface area contributed by atoms with E-state index in [0.29, 0.717) is 31.0 Å². The highest BCUT2D eigenvalue weighted by Gasteiger charge is 2.34. The smallest absolute Gasteiger partial charge is 0.273 e. The highest BCUT2D eigenvalue weighted by atomic mass is 16.5. The maximum atomic E-state index is 12.3. The number of rotatable bonds is 1. The van der Waals surface area contributed by atoms with E-state index in [-0.39, 0.29) is 11.4 Å². The van der Waals surface area contributed by atoms with Crippen LogP contribution in [0.1, 0.15) is 29.9 Å². The van der Waals surface area contributed by atoms with Gasteiger partial charge in [0.25, 0.3) is 5.91 Å². The zero-order valence-corrected chi connectivity index (χ0v) is 10.5. The lowest BCUT2D eigenvalue weighted by atomic mass is 10.0. The number of nitriles is 1. The monoisotopic (exact) mass is 245 g/mol. The van der Waals surface area contributed by atoms with E-state index in [1.807, 2.05) is 19.9 Å². The van der Waals surface area contributed by atoms with E-state index in [9.17, 15) is 4.79 Å². The number of hydrogen-bond donors (Lipinski definition) is 0. The van der Waals surface area contributed by atoms with Crippen LogP contribution in [0.2, 0.25) is 0 Å². The Morgan fingerprint density at radius 2 is 2.33 bits per heavy atom. The van der Waals surface area contributed by atoms with Crippen LogP contribution in [0.4, 0.5) is 0 Å². The first kappa shape index (κ1) is 12.5. The molecule has 1 saturated heterocycles. The molecule has 1 aliphatic heterocycles. The Balaban J connectivity index is 2.22. The zero-order valence-electron chi connectivity index (χ0n) is 10.5. The van der Waals surface area contributed by atoms with Gasteiger partial charge in [0.15, 0.2) is 0 Å². The molecule has 2 heterocycles. The van der Waals surface area contributed by atoms with E-state index in [1.165, 1.54) is 6.20 Å². The van der Waals surface area contributed by atoms with Crippen molar-refractivity contribution in [1.29, 1.82) is 5.26 Å². The third-order valence-electron chi connectivity index (χ3n) is 3.00. The van der Waals surface area contributed by atoms with Crippen molar-refractivity contribution >= 4 is 5.91 Å². The number of hydrogen-bond acceptors (Lipinski definition) is 4. The number of carbonyl (C=O) groups is 1. The highest BCUT2D eigenvalue weighted by Crippen LogP contribution is 2.21. The van der Waals surface area contributed by atoms with Gasteiger partial charge in [0.05, 0.1) is 24.3 Å². The molecule has 5 heteroatoms. The summed E-state index contributed by atoms with van der Waals surface area (Å²) in [6.07, 6.45) is 1.42. The lowest BCUT2D eigenvalue weighted by Crippen LogP contribution is -2.55. The second kappa shape index (κ2) is 4.75. The van der Waals surface area contributed by atoms with E-state index in [4.69, 9.17) is 10.00 Å². The molecule has 94 valence electrons. The second-order valence-corrected chi connectivity index (χ2v) is 4.87. The number of morpholine rings is 1. The lowest BCUT2D eigenvalue weighted by Gasteiger charge is -2.41. The SMILES string of the molecule is CC1(C)COCCN1C(=O)c1ccc(C#N)cn1. The van der Waals surface area contributed by atoms with Crippen LogP contribution in [0.15, 0.2) is 18.3 Å². The lowest BCUT2D eigenvalue weighted by molar-refractivity contribution is -0.0373. The first-order valence-electron chi connectivity index (χ1n) is 5.80. The van der Waals surface area contributed by atoms with Crippen LogP contribution in [0.3, 0.4) is 0 Å². The third-order valence-corrected chi connectivity index (χ3v) is 3.00. The van der Waals surface area contributed by atoms with Crippen molar-refractivity contribution in [3.63, 3.8) is 0 Å². The molecule has 0 aromatic carbocycles. The summed E-state index contributed by atoms with van der Waals surface area (Å²) in [5, 5.41) is 8.70. The van der Waals surface area contributed by atoms with Gasteiger partial charge < -0.3 is 9.64 Å². The van der Waals surface area contributed by atoms with Gasteiger partial charge in [0, 0.05) is 12.7 Å². The predicted octanol–water partition coefficient (Wildman–Crippen LogP) is 1.20. The Labute approximate surface area is 106 Å². The first-order valence-corrected chi connectivity index (χ1v) is 5.80. The fourth-order valence-corrected chi connectivity index (χ4v) is 1.96. The number of ether oxygens (including phenoxy) is 1. The summed E-state index contributed by atoms with van der Waals surface area (Å²) >= 11 is 0. The molecule has 18 heavy (non-hydrogen) atoms. The molecule has 0 aliphatic carbocycles. The Hall–Kier alpha value is -1.93. The number of aromatic nitrogens is 1. The van der Waals surface area contributed by atoms with Crippen LogP contribution in [0.25, 0.3) is 0 Å². The normalized spacial score (nSPS) is 18.2. The Bertz CT molecular complexity index is 488. The first-order chi connectivity index (χ1) is 8.54. The molecule has 2 rings (SSSR count). The Kier molecular flexibility index (Phi) is 3.30. The molecule has 0 bridgehead atoms. The minimum absolute atomic E-state index is 0.118. The van der Waals surface area contributed by atoms with Crippen molar-refractivity contribution in [3.05, 3.63) is 29.6 Å². The van der Waals surface area contributed by atoms with Crippen LogP contribution in [-0.2, 0) is 4.74 Å². The van der Waals surface area contributed by atoms with Crippen molar-refractivity contribution in [3.8, 4) is 6.07 Å². The van der Waals surface area contributed by atoms with E-state index in [2.05, 4.69) is 4.98 Å². The Morgan fingerprint density at radius 1 is 1.56 bits per heavy atom. The average Bonchev–Trinajstić information content (AvgIpc) is 2.37. The van der Waals surface area contributed by atoms with Gasteiger partial charge >= 0.3 is 0 Å². The van der Waals surface area contributed by atoms with E-state index in [0.717, 1.165) is 0 Å². The molecule has 1 aliphatic rings. The number of pyridine rings is 1. The molecule has 1 fully saturated rings. The molecular weight excluding hydrogens is 230 g/mol. The maximum Gasteiger partial charge on any atom is 0.273 e. The molecule has 0 atom stereocenters. The van der Waals surface area contributed by atoms with Crippen molar-refractivity contribution in [2.24, 2.45) is 0 Å². The number of nitrogens with zero attached hydrogens (tertiary/aromatic N) is 3. The second-order valence-electron chi connectivity index (χ2n) is 4.87. The number of amides is 1. The van der Waals surface area contributed by atoms with Gasteiger partial charge in [-0.1, -0.05) is 0 Å². The van der Waals surface area contributed by atoms with Gasteiger partial charge in [-0.15, -0.1) is 0 Å². The molecule has 0 spiro atoms. The van der Waals surface area contributed by atoms with Crippen molar-refractivity contribution in [2.75, 3.05) is 19.8 Å². The van der Waals surface area contributed by atoms with E-state index >= 15 is 0 Å². The number of carbonyl (C=O) groups excluding carboxylic acids is 1. The van der Waals surface area contributed by atoms with Crippen LogP contribution in [0, 0.1) is 11.3 Å². The molecule has 1 aromatic heterocycles. The fraction of sp³-hybridized carbons (Fsp3) is 0.462. The summed E-state index contributed by atoms with van der Waals surface area (Å²) in [6.45, 7) is 5.56. The van der Waals surface area contributed by atoms with E-state index in [1.54, 1.807) is 17.0 Å². The summed E-state index contributed by atoms with van der Waals surface area (Å²) in [5.74, 6) is -0.118. The molecule has 0 saturated carbocycles. The minimum atomic E-state index is -0.328. The summed E-state index contributed by atoms with van der Waals surface area (Å²) in [4.78, 5) is 18.1. The van der Waals surface area contributed by atoms with E-state index < -0.39 is 0 Å². The zero-order chi connectivity index (χ0) is 13.2. The fourth-order valence-electron chi connectivity index (χ4n) is 1.96. The molecule has 1 amide bonds. The van der Waals surface area contributed by atoms with Crippen LogP contribution in [-0.4, -0.2) is 41.1 Å². The molecule has 5 nitrogen and oxygen atoms in total. The topological polar surface area (TPSA) is 66.2 Å². The third kappa shape index (κ3) is 2.34. The van der Waals surface area contributed by atoms with Gasteiger partial charge in [0.1, 0.15) is 11.8 Å². The van der Waals surface area contributed by atoms with Gasteiger partial charge in [-0.2, -0.15) is 5.26 Å². The van der Waals surface area contributed by atoms with Gasteiger partial charge in [0.2, 0.25) is 0 Å². The quantitative estimate of drug-likeness (QED) is 0.745. The van der Waals surface area contributed by atoms with Gasteiger partial charge in [-0.05, 0) is 26.0 Å². The molecular formula is C13H15N3O2. The summed E-state index contributed by atoms with van der Waals surface area (Å²) in [7, 11) is 0. The van der Waals surface area contributed by atoms with Crippen LogP contribution >= 0.6 is 0 Å². The summed E-state index contributed by atoms with van der Waals surface area (Å²) < 4.78 is 5.38. The molecule has 1 aromatic rings. The minimum Gasteiger partial charge on any atom is -0.377 e. The molecule has 0 N–H and O–H groups in total. The predicted molar refractivity (Wildman–Crippen MR) is 64.9 cm³/mol. The van der Waals surface area contributed by atoms with Crippen molar-refractivity contribution in [2.45, 2.75) is 19.4 Å². The summed E-state index contributed by atoms with van der Waals surface area (Å²) in [5.41, 5.74) is 0.488. The molecule has 0 unspecified atom stereocenters. The highest BCUT2D eigenvalue weighted by molar-refractivity contribution is 5.93. The van der Waals surface area contributed by atoms with Crippen molar-refractivity contribution in [1.82, 2.24) is 9.88 Å². The van der Waals surface area contributed by atoms with Crippen LogP contribution < -0.4 is 0 Å². The van der Waals surface area contributed by atoms with Crippen LogP contribution in [0.5, 0.6) is 0 Å². The largest absolute Gasteiger partial charge is 0.377 e. The van der Waals surface area contributed by atoms with Gasteiger partial charge in [-0.25, -0.2) is 4.98 Å². The van der Waals surface area contributed by atoms with Gasteiger partial charge in [-0.3, -0.25) is 4.79 Å². The Morgan fingerprint density at radius 3 is 2.89 bits per heavy atom. The van der Waals surface area contributed by atoms with Crippen molar-refractivity contribution < 1.29 is 9.53 Å².